The van der Waals surface area contributed by atoms with Crippen LogP contribution in [0, 0.1) is 19.7 Å². The lowest BCUT2D eigenvalue weighted by molar-refractivity contribution is 0.0723. The van der Waals surface area contributed by atoms with Gasteiger partial charge in [0.05, 0.1) is 0 Å². The van der Waals surface area contributed by atoms with Crippen molar-refractivity contribution in [3.8, 4) is 11.5 Å². The Morgan fingerprint density at radius 1 is 1.00 bits per heavy atom. The monoisotopic (exact) mass is 393 g/mol. The van der Waals surface area contributed by atoms with E-state index in [1.165, 1.54) is 12.1 Å². The molecule has 0 bridgehead atoms. The fraction of sp³-hybridized carbons (Fsp3) is 0.227. The number of halogens is 1. The van der Waals surface area contributed by atoms with Gasteiger partial charge < -0.3 is 14.4 Å². The first-order valence-electron chi connectivity index (χ1n) is 9.22. The molecule has 0 aliphatic carbocycles. The maximum atomic E-state index is 13.7. The smallest absolute Gasteiger partial charge is 0.273 e. The number of fused-ring (bicyclic) bond motifs is 1. The second kappa shape index (κ2) is 7.87. The van der Waals surface area contributed by atoms with Crippen LogP contribution >= 0.6 is 0 Å². The van der Waals surface area contributed by atoms with Crippen molar-refractivity contribution in [3.05, 3.63) is 82.7 Å². The summed E-state index contributed by atoms with van der Waals surface area (Å²) in [6.45, 7) is 4.31. The molecule has 0 fully saturated rings. The Labute approximate surface area is 167 Å². The maximum Gasteiger partial charge on any atom is 0.273 e. The summed E-state index contributed by atoms with van der Waals surface area (Å²) in [6, 6.07) is 13.4. The predicted octanol–water partition coefficient (Wildman–Crippen LogP) is 3.80. The zero-order valence-electron chi connectivity index (χ0n) is 16.2. The molecule has 2 heterocycles. The van der Waals surface area contributed by atoms with E-state index in [-0.39, 0.29) is 25.1 Å². The normalized spacial score (nSPS) is 12.1. The average molecular weight is 393 g/mol. The van der Waals surface area contributed by atoms with E-state index in [2.05, 4.69) is 9.97 Å². The highest BCUT2D eigenvalue weighted by molar-refractivity contribution is 5.92. The van der Waals surface area contributed by atoms with Gasteiger partial charge in [0.15, 0.2) is 11.5 Å². The Balaban J connectivity index is 1.65. The standard InChI is InChI=1S/C22H20FN3O3/c1-14-8-19(25-15(2)24-14)22(27)26(11-16-4-3-5-18(23)9-16)12-17-6-7-20-21(10-17)29-13-28-20/h3-10H,11-13H2,1-2H3. The van der Waals surface area contributed by atoms with Gasteiger partial charge in [-0.15, -0.1) is 0 Å². The van der Waals surface area contributed by atoms with Crippen LogP contribution in [0.5, 0.6) is 11.5 Å². The number of benzene rings is 2. The van der Waals surface area contributed by atoms with E-state index in [0.29, 0.717) is 35.1 Å². The Morgan fingerprint density at radius 3 is 2.52 bits per heavy atom. The average Bonchev–Trinajstić information content (AvgIpc) is 3.14. The largest absolute Gasteiger partial charge is 0.454 e. The first-order chi connectivity index (χ1) is 14.0. The lowest BCUT2D eigenvalue weighted by Gasteiger charge is -2.23. The number of carbonyl (C=O) groups is 1. The molecule has 0 N–H and O–H groups in total. The van der Waals surface area contributed by atoms with Gasteiger partial charge in [-0.1, -0.05) is 18.2 Å². The summed E-state index contributed by atoms with van der Waals surface area (Å²) in [5.41, 5.74) is 2.60. The van der Waals surface area contributed by atoms with Crippen LogP contribution in [0.15, 0.2) is 48.5 Å². The van der Waals surface area contributed by atoms with Gasteiger partial charge in [-0.05, 0) is 55.3 Å². The molecular weight excluding hydrogens is 373 g/mol. The lowest BCUT2D eigenvalue weighted by Crippen LogP contribution is -2.31. The van der Waals surface area contributed by atoms with Crippen molar-refractivity contribution in [1.82, 2.24) is 14.9 Å². The molecule has 2 aromatic carbocycles. The highest BCUT2D eigenvalue weighted by atomic mass is 19.1. The van der Waals surface area contributed by atoms with Crippen LogP contribution in [0.1, 0.15) is 33.1 Å². The molecule has 0 spiro atoms. The van der Waals surface area contributed by atoms with Gasteiger partial charge in [0.25, 0.3) is 5.91 Å². The Morgan fingerprint density at radius 2 is 1.76 bits per heavy atom. The third-order valence-corrected chi connectivity index (χ3v) is 4.55. The highest BCUT2D eigenvalue weighted by Gasteiger charge is 2.21. The van der Waals surface area contributed by atoms with Gasteiger partial charge in [0.2, 0.25) is 6.79 Å². The quantitative estimate of drug-likeness (QED) is 0.660. The molecular formula is C22H20FN3O3. The number of carbonyl (C=O) groups excluding carboxylic acids is 1. The third kappa shape index (κ3) is 4.34. The van der Waals surface area contributed by atoms with Crippen molar-refractivity contribution >= 4 is 5.91 Å². The molecule has 1 aliphatic rings. The topological polar surface area (TPSA) is 64.6 Å². The maximum absolute atomic E-state index is 13.7. The molecule has 1 aromatic heterocycles. The molecule has 6 nitrogen and oxygen atoms in total. The van der Waals surface area contributed by atoms with Crippen molar-refractivity contribution in [2.45, 2.75) is 26.9 Å². The molecule has 0 saturated heterocycles. The summed E-state index contributed by atoms with van der Waals surface area (Å²) in [5.74, 6) is 1.27. The number of hydrogen-bond donors (Lipinski definition) is 0. The molecule has 148 valence electrons. The van der Waals surface area contributed by atoms with Gasteiger partial charge in [-0.2, -0.15) is 0 Å². The number of nitrogens with zero attached hydrogens (tertiary/aromatic N) is 3. The first-order valence-corrected chi connectivity index (χ1v) is 9.22. The minimum atomic E-state index is -0.341. The number of ether oxygens (including phenoxy) is 2. The zero-order chi connectivity index (χ0) is 20.4. The fourth-order valence-electron chi connectivity index (χ4n) is 3.30. The SMILES string of the molecule is Cc1cc(C(=O)N(Cc2cccc(F)c2)Cc2ccc3c(c2)OCO3)nc(C)n1. The van der Waals surface area contributed by atoms with Gasteiger partial charge in [-0.3, -0.25) is 4.79 Å². The lowest BCUT2D eigenvalue weighted by atomic mass is 10.1. The van der Waals surface area contributed by atoms with Crippen LogP contribution in [0.3, 0.4) is 0 Å². The number of hydrogen-bond acceptors (Lipinski definition) is 5. The van der Waals surface area contributed by atoms with Crippen molar-refractivity contribution in [3.63, 3.8) is 0 Å². The molecule has 0 unspecified atom stereocenters. The highest BCUT2D eigenvalue weighted by Crippen LogP contribution is 2.33. The van der Waals surface area contributed by atoms with Crippen LogP contribution in [-0.4, -0.2) is 27.6 Å². The van der Waals surface area contributed by atoms with Crippen LogP contribution < -0.4 is 9.47 Å². The number of aromatic nitrogens is 2. The molecule has 0 radical (unpaired) electrons. The molecule has 3 aromatic rings. The molecule has 4 rings (SSSR count). The van der Waals surface area contributed by atoms with Gasteiger partial charge >= 0.3 is 0 Å². The van der Waals surface area contributed by atoms with E-state index < -0.39 is 0 Å². The van der Waals surface area contributed by atoms with Crippen molar-refractivity contribution < 1.29 is 18.7 Å². The molecule has 29 heavy (non-hydrogen) atoms. The summed E-state index contributed by atoms with van der Waals surface area (Å²) in [6.07, 6.45) is 0. The third-order valence-electron chi connectivity index (χ3n) is 4.55. The predicted molar refractivity (Wildman–Crippen MR) is 104 cm³/mol. The Hall–Kier alpha value is -3.48. The van der Waals surface area contributed by atoms with Crippen molar-refractivity contribution in [2.75, 3.05) is 6.79 Å². The van der Waals surface area contributed by atoms with Gasteiger partial charge in [0.1, 0.15) is 17.3 Å². The van der Waals surface area contributed by atoms with Crippen LogP contribution in [-0.2, 0) is 13.1 Å². The van der Waals surface area contributed by atoms with Crippen LogP contribution in [0.4, 0.5) is 4.39 Å². The summed E-state index contributed by atoms with van der Waals surface area (Å²) in [4.78, 5) is 23.4. The number of aryl methyl sites for hydroxylation is 2. The molecule has 0 atom stereocenters. The Kier molecular flexibility index (Phi) is 5.12. The second-order valence-electron chi connectivity index (χ2n) is 6.92. The van der Waals surface area contributed by atoms with Gasteiger partial charge in [-0.25, -0.2) is 14.4 Å². The van der Waals surface area contributed by atoms with Crippen LogP contribution in [0.2, 0.25) is 0 Å². The molecule has 1 aliphatic heterocycles. The molecule has 1 amide bonds. The van der Waals surface area contributed by atoms with E-state index in [4.69, 9.17) is 9.47 Å². The van der Waals surface area contributed by atoms with E-state index in [1.807, 2.05) is 25.1 Å². The van der Waals surface area contributed by atoms with Crippen LogP contribution in [0.25, 0.3) is 0 Å². The Bertz CT molecular complexity index is 1050. The molecule has 7 heteroatoms. The zero-order valence-corrected chi connectivity index (χ0v) is 16.2. The second-order valence-corrected chi connectivity index (χ2v) is 6.92. The summed E-state index contributed by atoms with van der Waals surface area (Å²) >= 11 is 0. The van der Waals surface area contributed by atoms with Gasteiger partial charge in [0, 0.05) is 18.8 Å². The fourth-order valence-corrected chi connectivity index (χ4v) is 3.30. The number of amides is 1. The summed E-state index contributed by atoms with van der Waals surface area (Å²) in [7, 11) is 0. The van der Waals surface area contributed by atoms with Crippen molar-refractivity contribution in [2.24, 2.45) is 0 Å². The van der Waals surface area contributed by atoms with E-state index >= 15 is 0 Å². The first kappa shape index (κ1) is 18.9. The molecule has 0 saturated carbocycles. The van der Waals surface area contributed by atoms with E-state index in [0.717, 1.165) is 11.3 Å². The summed E-state index contributed by atoms with van der Waals surface area (Å²) in [5, 5.41) is 0. The van der Waals surface area contributed by atoms with E-state index in [1.54, 1.807) is 30.0 Å². The number of rotatable bonds is 5. The summed E-state index contributed by atoms with van der Waals surface area (Å²) < 4.78 is 24.5. The minimum absolute atomic E-state index is 0.185. The van der Waals surface area contributed by atoms with Crippen molar-refractivity contribution in [1.29, 1.82) is 0 Å². The minimum Gasteiger partial charge on any atom is -0.454 e. The van der Waals surface area contributed by atoms with E-state index in [9.17, 15) is 9.18 Å².